The van der Waals surface area contributed by atoms with Gasteiger partial charge < -0.3 is 24.6 Å². The molecule has 2 aliphatic rings. The lowest BCUT2D eigenvalue weighted by Crippen LogP contribution is -2.30. The Balaban J connectivity index is 1.38. The molecule has 0 spiro atoms. The van der Waals surface area contributed by atoms with E-state index in [2.05, 4.69) is 10.2 Å². The number of amides is 2. The molecule has 0 radical (unpaired) electrons. The second-order valence-corrected chi connectivity index (χ2v) is 8.50. The lowest BCUT2D eigenvalue weighted by Gasteiger charge is -2.23. The van der Waals surface area contributed by atoms with Crippen LogP contribution in [0.15, 0.2) is 36.4 Å². The molecule has 2 aliphatic heterocycles. The van der Waals surface area contributed by atoms with Crippen LogP contribution in [0.2, 0.25) is 0 Å². The maximum absolute atomic E-state index is 14.6. The van der Waals surface area contributed by atoms with E-state index in [0.29, 0.717) is 36.7 Å². The van der Waals surface area contributed by atoms with Crippen LogP contribution in [0.3, 0.4) is 0 Å². The van der Waals surface area contributed by atoms with Crippen molar-refractivity contribution in [3.63, 3.8) is 0 Å². The third-order valence-electron chi connectivity index (χ3n) is 6.39. The van der Waals surface area contributed by atoms with Crippen molar-refractivity contribution in [1.29, 1.82) is 0 Å². The van der Waals surface area contributed by atoms with Gasteiger partial charge in [-0.25, -0.2) is 4.39 Å². The minimum atomic E-state index is -0.506. The Morgan fingerprint density at radius 1 is 1.12 bits per heavy atom. The molecule has 0 bridgehead atoms. The maximum Gasteiger partial charge on any atom is 0.229 e. The Labute approximate surface area is 193 Å². The van der Waals surface area contributed by atoms with E-state index < -0.39 is 11.7 Å². The number of ether oxygens (including phenoxy) is 2. The number of benzene rings is 2. The van der Waals surface area contributed by atoms with Gasteiger partial charge in [-0.1, -0.05) is 12.1 Å². The number of halogens is 1. The number of methoxy groups -OCH3 is 2. The number of rotatable bonds is 8. The molecule has 1 unspecified atom stereocenters. The van der Waals surface area contributed by atoms with Gasteiger partial charge in [0.25, 0.3) is 0 Å². The van der Waals surface area contributed by atoms with E-state index in [0.717, 1.165) is 31.5 Å². The number of anilines is 2. The molecule has 0 aromatic heterocycles. The predicted octanol–water partition coefficient (Wildman–Crippen LogP) is 3.47. The summed E-state index contributed by atoms with van der Waals surface area (Å²) < 4.78 is 25.2. The molecule has 2 aromatic carbocycles. The topological polar surface area (TPSA) is 71.1 Å². The van der Waals surface area contributed by atoms with Crippen molar-refractivity contribution >= 4 is 23.2 Å². The van der Waals surface area contributed by atoms with Crippen LogP contribution in [0.25, 0.3) is 0 Å². The molecule has 2 aromatic rings. The Hall–Kier alpha value is -3.29. The number of hydrogen-bond donors (Lipinski definition) is 1. The summed E-state index contributed by atoms with van der Waals surface area (Å²) in [5.41, 5.74) is 1.92. The van der Waals surface area contributed by atoms with Crippen LogP contribution in [0, 0.1) is 11.7 Å². The molecule has 0 saturated carbocycles. The van der Waals surface area contributed by atoms with Gasteiger partial charge in [-0.2, -0.15) is 0 Å². The van der Waals surface area contributed by atoms with Crippen molar-refractivity contribution in [2.45, 2.75) is 25.7 Å². The van der Waals surface area contributed by atoms with E-state index in [4.69, 9.17) is 9.47 Å². The van der Waals surface area contributed by atoms with Crippen LogP contribution < -0.4 is 19.7 Å². The average Bonchev–Trinajstić information content (AvgIpc) is 3.49. The lowest BCUT2D eigenvalue weighted by atomic mass is 10.1. The Morgan fingerprint density at radius 2 is 1.88 bits per heavy atom. The number of para-hydroxylation sites is 1. The summed E-state index contributed by atoms with van der Waals surface area (Å²) in [6, 6.07) is 10.5. The third kappa shape index (κ3) is 5.05. The normalized spacial score (nSPS) is 18.0. The van der Waals surface area contributed by atoms with Crippen LogP contribution >= 0.6 is 0 Å². The molecule has 0 aliphatic carbocycles. The highest BCUT2D eigenvalue weighted by molar-refractivity contribution is 5.99. The summed E-state index contributed by atoms with van der Waals surface area (Å²) in [6.07, 6.45) is 2.87. The number of hydrogen-bond acceptors (Lipinski definition) is 5. The first kappa shape index (κ1) is 22.9. The van der Waals surface area contributed by atoms with Gasteiger partial charge in [0.15, 0.2) is 11.5 Å². The van der Waals surface area contributed by atoms with Gasteiger partial charge in [0.05, 0.1) is 25.8 Å². The minimum Gasteiger partial charge on any atom is -0.493 e. The zero-order valence-electron chi connectivity index (χ0n) is 19.1. The second kappa shape index (κ2) is 10.1. The molecule has 2 amide bonds. The monoisotopic (exact) mass is 455 g/mol. The molecule has 7 nitrogen and oxygen atoms in total. The first-order valence-corrected chi connectivity index (χ1v) is 11.3. The summed E-state index contributed by atoms with van der Waals surface area (Å²) in [7, 11) is 3.17. The molecule has 2 saturated heterocycles. The average molecular weight is 456 g/mol. The lowest BCUT2D eigenvalue weighted by molar-refractivity contribution is -0.128. The van der Waals surface area contributed by atoms with Gasteiger partial charge in [0, 0.05) is 32.6 Å². The molecule has 176 valence electrons. The summed E-state index contributed by atoms with van der Waals surface area (Å²) in [5.74, 6) is -0.0573. The first-order valence-electron chi connectivity index (χ1n) is 11.3. The molecule has 33 heavy (non-hydrogen) atoms. The number of carbonyl (C=O) groups excluding carboxylic acids is 2. The zero-order chi connectivity index (χ0) is 23.4. The van der Waals surface area contributed by atoms with Crippen LogP contribution in [0.4, 0.5) is 15.8 Å². The minimum absolute atomic E-state index is 0.0658. The van der Waals surface area contributed by atoms with Crippen molar-refractivity contribution in [3.8, 4) is 11.5 Å². The van der Waals surface area contributed by atoms with Gasteiger partial charge in [-0.3, -0.25) is 9.59 Å². The van der Waals surface area contributed by atoms with Crippen molar-refractivity contribution in [1.82, 2.24) is 4.90 Å². The van der Waals surface area contributed by atoms with Crippen LogP contribution in [0.5, 0.6) is 11.5 Å². The quantitative estimate of drug-likeness (QED) is 0.660. The zero-order valence-corrected chi connectivity index (χ0v) is 19.1. The largest absolute Gasteiger partial charge is 0.493 e. The van der Waals surface area contributed by atoms with Crippen molar-refractivity contribution in [2.75, 3.05) is 50.6 Å². The fraction of sp³-hybridized carbons (Fsp3) is 0.440. The predicted molar refractivity (Wildman–Crippen MR) is 124 cm³/mol. The van der Waals surface area contributed by atoms with Crippen molar-refractivity contribution < 1.29 is 23.5 Å². The molecule has 8 heteroatoms. The van der Waals surface area contributed by atoms with Crippen LogP contribution in [-0.4, -0.2) is 57.1 Å². The number of nitrogens with one attached hydrogen (secondary N) is 1. The first-order chi connectivity index (χ1) is 16.0. The SMILES string of the molecule is COc1ccc(CCN2CC(C(=O)Nc3c(F)cccc3N3CCCC3)CC2=O)cc1OC. The molecule has 2 fully saturated rings. The van der Waals surface area contributed by atoms with E-state index in [1.165, 1.54) is 6.07 Å². The van der Waals surface area contributed by atoms with Gasteiger partial charge in [-0.05, 0) is 49.1 Å². The third-order valence-corrected chi connectivity index (χ3v) is 6.39. The number of carbonyl (C=O) groups is 2. The highest BCUT2D eigenvalue weighted by Crippen LogP contribution is 2.32. The van der Waals surface area contributed by atoms with Crippen molar-refractivity contribution in [2.24, 2.45) is 5.92 Å². The van der Waals surface area contributed by atoms with Crippen LogP contribution in [-0.2, 0) is 16.0 Å². The Bertz CT molecular complexity index is 1020. The van der Waals surface area contributed by atoms with E-state index in [1.54, 1.807) is 25.2 Å². The summed E-state index contributed by atoms with van der Waals surface area (Å²) in [5, 5.41) is 2.78. The van der Waals surface area contributed by atoms with E-state index in [-0.39, 0.29) is 23.9 Å². The second-order valence-electron chi connectivity index (χ2n) is 8.50. The van der Waals surface area contributed by atoms with Gasteiger partial charge in [-0.15, -0.1) is 0 Å². The van der Waals surface area contributed by atoms with Gasteiger partial charge in [0.1, 0.15) is 11.5 Å². The summed E-state index contributed by atoms with van der Waals surface area (Å²) in [4.78, 5) is 29.3. The molecular formula is C25H30FN3O4. The Kier molecular flexibility index (Phi) is 7.01. The molecule has 2 heterocycles. The highest BCUT2D eigenvalue weighted by Gasteiger charge is 2.35. The van der Waals surface area contributed by atoms with Gasteiger partial charge >= 0.3 is 0 Å². The molecular weight excluding hydrogens is 425 g/mol. The number of nitrogens with zero attached hydrogens (tertiary/aromatic N) is 2. The Morgan fingerprint density at radius 3 is 2.61 bits per heavy atom. The fourth-order valence-electron chi connectivity index (χ4n) is 4.55. The smallest absolute Gasteiger partial charge is 0.229 e. The van der Waals surface area contributed by atoms with E-state index in [9.17, 15) is 14.0 Å². The standard InChI is InChI=1S/C25H30FN3O4/c1-32-21-9-8-17(14-22(21)33-2)10-13-29-16-18(15-23(29)30)25(31)27-24-19(26)6-5-7-20(24)28-11-3-4-12-28/h5-9,14,18H,3-4,10-13,15-16H2,1-2H3,(H,27,31). The summed E-state index contributed by atoms with van der Waals surface area (Å²) in [6.45, 7) is 2.51. The van der Waals surface area contributed by atoms with Crippen molar-refractivity contribution in [3.05, 3.63) is 47.8 Å². The molecule has 4 rings (SSSR count). The van der Waals surface area contributed by atoms with E-state index in [1.807, 2.05) is 24.3 Å². The molecule has 1 N–H and O–H groups in total. The maximum atomic E-state index is 14.6. The summed E-state index contributed by atoms with van der Waals surface area (Å²) >= 11 is 0. The van der Waals surface area contributed by atoms with Gasteiger partial charge in [0.2, 0.25) is 11.8 Å². The fourth-order valence-corrected chi connectivity index (χ4v) is 4.55. The van der Waals surface area contributed by atoms with Crippen LogP contribution in [0.1, 0.15) is 24.8 Å². The number of likely N-dealkylation sites (tertiary alicyclic amines) is 1. The highest BCUT2D eigenvalue weighted by atomic mass is 19.1. The molecule has 1 atom stereocenters. The van der Waals surface area contributed by atoms with E-state index >= 15 is 0 Å².